The van der Waals surface area contributed by atoms with Gasteiger partial charge in [0.25, 0.3) is 0 Å². The predicted octanol–water partition coefficient (Wildman–Crippen LogP) is 2.37. The van der Waals surface area contributed by atoms with Crippen molar-refractivity contribution in [3.63, 3.8) is 0 Å². The first kappa shape index (κ1) is 20.6. The third-order valence-corrected chi connectivity index (χ3v) is 4.80. The number of nitrogens with zero attached hydrogens (tertiary/aromatic N) is 3. The minimum absolute atomic E-state index is 0.129. The maximum atomic E-state index is 12.4. The molecule has 1 heterocycles. The zero-order valence-corrected chi connectivity index (χ0v) is 15.8. The van der Waals surface area contributed by atoms with E-state index in [9.17, 15) is 20.1 Å². The number of carbonyl (C=O) groups excluding carboxylic acids is 2. The summed E-state index contributed by atoms with van der Waals surface area (Å²) in [7, 11) is 1.32. The Morgan fingerprint density at radius 1 is 1.28 bits per heavy atom. The monoisotopic (exact) mass is 363 g/mol. The van der Waals surface area contributed by atoms with Gasteiger partial charge in [0.15, 0.2) is 5.92 Å². The standard InChI is InChI=1S/C17H21N3O4S/c1-6-24-15(22)17(4,11(8-18)9-19)12-10-25-13(20-12)7-16(2,3)14(21)23-5/h10-11H,6-7H2,1-5H3. The lowest BCUT2D eigenvalue weighted by molar-refractivity contribution is -0.151. The molecule has 0 aliphatic carbocycles. The van der Waals surface area contributed by atoms with Crippen molar-refractivity contribution in [3.05, 3.63) is 16.1 Å². The maximum absolute atomic E-state index is 12.4. The van der Waals surface area contributed by atoms with Crippen molar-refractivity contribution < 1.29 is 19.1 Å². The van der Waals surface area contributed by atoms with Gasteiger partial charge in [-0.15, -0.1) is 11.3 Å². The van der Waals surface area contributed by atoms with E-state index < -0.39 is 22.7 Å². The molecular weight excluding hydrogens is 342 g/mol. The smallest absolute Gasteiger partial charge is 0.320 e. The van der Waals surface area contributed by atoms with Crippen molar-refractivity contribution in [2.24, 2.45) is 11.3 Å². The van der Waals surface area contributed by atoms with Crippen molar-refractivity contribution in [1.82, 2.24) is 4.98 Å². The Bertz CT molecular complexity index is 715. The van der Waals surface area contributed by atoms with Gasteiger partial charge in [0.1, 0.15) is 5.41 Å². The van der Waals surface area contributed by atoms with Gasteiger partial charge in [0.2, 0.25) is 0 Å². The summed E-state index contributed by atoms with van der Waals surface area (Å²) in [5, 5.41) is 20.8. The van der Waals surface area contributed by atoms with Crippen LogP contribution >= 0.6 is 11.3 Å². The first-order valence-electron chi connectivity index (χ1n) is 7.67. The van der Waals surface area contributed by atoms with Crippen LogP contribution in [0.15, 0.2) is 5.38 Å². The van der Waals surface area contributed by atoms with E-state index in [1.807, 2.05) is 12.1 Å². The molecule has 0 aliphatic heterocycles. The fraction of sp³-hybridized carbons (Fsp3) is 0.588. The second-order valence-corrected chi connectivity index (χ2v) is 7.24. The number of aromatic nitrogens is 1. The van der Waals surface area contributed by atoms with Gasteiger partial charge in [-0.3, -0.25) is 9.59 Å². The minimum atomic E-state index is -1.50. The average Bonchev–Trinajstić information content (AvgIpc) is 3.03. The van der Waals surface area contributed by atoms with E-state index in [1.165, 1.54) is 25.4 Å². The molecule has 0 spiro atoms. The normalized spacial score (nSPS) is 13.4. The van der Waals surface area contributed by atoms with Gasteiger partial charge >= 0.3 is 11.9 Å². The topological polar surface area (TPSA) is 113 Å². The molecule has 1 rings (SSSR count). The Balaban J connectivity index is 3.26. The Hall–Kier alpha value is -2.45. The summed E-state index contributed by atoms with van der Waals surface area (Å²) < 4.78 is 9.84. The fourth-order valence-corrected chi connectivity index (χ4v) is 3.44. The van der Waals surface area contributed by atoms with Crippen molar-refractivity contribution in [3.8, 4) is 12.1 Å². The molecule has 8 heteroatoms. The van der Waals surface area contributed by atoms with Gasteiger partial charge in [0, 0.05) is 11.8 Å². The van der Waals surface area contributed by atoms with Crippen molar-refractivity contribution in [2.75, 3.05) is 13.7 Å². The number of rotatable bonds is 7. The van der Waals surface area contributed by atoms with Crippen LogP contribution in [-0.2, 0) is 30.9 Å². The molecule has 1 aromatic heterocycles. The van der Waals surface area contributed by atoms with Crippen LogP contribution in [-0.4, -0.2) is 30.6 Å². The van der Waals surface area contributed by atoms with Gasteiger partial charge < -0.3 is 9.47 Å². The maximum Gasteiger partial charge on any atom is 0.320 e. The number of hydrogen-bond acceptors (Lipinski definition) is 8. The fourth-order valence-electron chi connectivity index (χ4n) is 2.30. The Labute approximate surface area is 151 Å². The summed E-state index contributed by atoms with van der Waals surface area (Å²) in [4.78, 5) is 28.7. The number of nitriles is 2. The lowest BCUT2D eigenvalue weighted by atomic mass is 9.76. The molecule has 0 fully saturated rings. The number of carbonyl (C=O) groups is 2. The molecular formula is C17H21N3O4S. The van der Waals surface area contributed by atoms with E-state index in [1.54, 1.807) is 26.2 Å². The number of esters is 2. The van der Waals surface area contributed by atoms with Crippen LogP contribution in [0.5, 0.6) is 0 Å². The highest BCUT2D eigenvalue weighted by molar-refractivity contribution is 7.09. The first-order valence-corrected chi connectivity index (χ1v) is 8.55. The molecule has 0 aliphatic rings. The van der Waals surface area contributed by atoms with Crippen LogP contribution in [0.25, 0.3) is 0 Å². The molecule has 0 bridgehead atoms. The third-order valence-electron chi connectivity index (χ3n) is 3.95. The predicted molar refractivity (Wildman–Crippen MR) is 90.3 cm³/mol. The number of thiazole rings is 1. The summed E-state index contributed by atoms with van der Waals surface area (Å²) >= 11 is 1.26. The highest BCUT2D eigenvalue weighted by Gasteiger charge is 2.47. The van der Waals surface area contributed by atoms with Gasteiger partial charge in [-0.1, -0.05) is 0 Å². The highest BCUT2D eigenvalue weighted by Crippen LogP contribution is 2.35. The average molecular weight is 363 g/mol. The van der Waals surface area contributed by atoms with E-state index in [0.717, 1.165) is 0 Å². The van der Waals surface area contributed by atoms with Gasteiger partial charge in [-0.2, -0.15) is 10.5 Å². The van der Waals surface area contributed by atoms with Crippen molar-refractivity contribution in [2.45, 2.75) is 39.5 Å². The zero-order chi connectivity index (χ0) is 19.3. The summed E-state index contributed by atoms with van der Waals surface area (Å²) in [6.45, 7) is 6.73. The summed E-state index contributed by atoms with van der Waals surface area (Å²) in [6.07, 6.45) is 0.313. The Morgan fingerprint density at radius 3 is 2.36 bits per heavy atom. The molecule has 134 valence electrons. The number of ether oxygens (including phenoxy) is 2. The molecule has 25 heavy (non-hydrogen) atoms. The molecule has 0 N–H and O–H groups in total. The van der Waals surface area contributed by atoms with Crippen LogP contribution in [0.4, 0.5) is 0 Å². The third kappa shape index (κ3) is 4.15. The second-order valence-electron chi connectivity index (χ2n) is 6.29. The quantitative estimate of drug-likeness (QED) is 0.683. The van der Waals surface area contributed by atoms with Gasteiger partial charge in [-0.25, -0.2) is 4.98 Å². The lowest BCUT2D eigenvalue weighted by Gasteiger charge is -2.26. The largest absolute Gasteiger partial charge is 0.469 e. The van der Waals surface area contributed by atoms with E-state index in [0.29, 0.717) is 17.1 Å². The molecule has 1 unspecified atom stereocenters. The highest BCUT2D eigenvalue weighted by atomic mass is 32.1. The van der Waals surface area contributed by atoms with E-state index in [-0.39, 0.29) is 12.6 Å². The lowest BCUT2D eigenvalue weighted by Crippen LogP contribution is -2.41. The van der Waals surface area contributed by atoms with E-state index >= 15 is 0 Å². The SMILES string of the molecule is CCOC(=O)C(C)(c1csc(CC(C)(C)C(=O)OC)n1)C(C#N)C#N. The molecule has 1 aromatic rings. The summed E-state index contributed by atoms with van der Waals surface area (Å²) in [5.74, 6) is -2.29. The van der Waals surface area contributed by atoms with Crippen LogP contribution in [0.3, 0.4) is 0 Å². The Morgan fingerprint density at radius 2 is 1.88 bits per heavy atom. The van der Waals surface area contributed by atoms with Gasteiger partial charge in [0.05, 0.1) is 42.0 Å². The van der Waals surface area contributed by atoms with Crippen LogP contribution < -0.4 is 0 Å². The Kier molecular flexibility index (Phi) is 6.66. The molecule has 0 amide bonds. The minimum Gasteiger partial charge on any atom is -0.469 e. The van der Waals surface area contributed by atoms with Gasteiger partial charge in [-0.05, 0) is 27.7 Å². The number of hydrogen-bond donors (Lipinski definition) is 0. The summed E-state index contributed by atoms with van der Waals surface area (Å²) in [6, 6.07) is 3.69. The van der Waals surface area contributed by atoms with Crippen LogP contribution in [0.1, 0.15) is 38.4 Å². The van der Waals surface area contributed by atoms with Crippen LogP contribution in [0.2, 0.25) is 0 Å². The first-order chi connectivity index (χ1) is 11.7. The zero-order valence-electron chi connectivity index (χ0n) is 15.0. The molecule has 0 saturated heterocycles. The van der Waals surface area contributed by atoms with Crippen molar-refractivity contribution in [1.29, 1.82) is 10.5 Å². The van der Waals surface area contributed by atoms with E-state index in [4.69, 9.17) is 9.47 Å². The molecule has 0 aromatic carbocycles. The molecule has 0 radical (unpaired) electrons. The summed E-state index contributed by atoms with van der Waals surface area (Å²) in [5.41, 5.74) is -1.99. The van der Waals surface area contributed by atoms with Crippen molar-refractivity contribution >= 4 is 23.3 Å². The molecule has 1 atom stereocenters. The number of methoxy groups -OCH3 is 1. The second kappa shape index (κ2) is 8.09. The van der Waals surface area contributed by atoms with Crippen LogP contribution in [0, 0.1) is 34.0 Å². The molecule has 7 nitrogen and oxygen atoms in total. The molecule has 0 saturated carbocycles. The van der Waals surface area contributed by atoms with E-state index in [2.05, 4.69) is 4.98 Å².